The summed E-state index contributed by atoms with van der Waals surface area (Å²) in [6.07, 6.45) is 13.2. The fraction of sp³-hybridized carbons (Fsp3) is 0.818. The summed E-state index contributed by atoms with van der Waals surface area (Å²) in [5.41, 5.74) is 0. The number of unbranched alkanes of at least 4 members (excludes halogenated alkanes) is 2. The van der Waals surface area contributed by atoms with Crippen molar-refractivity contribution in [1.82, 2.24) is 0 Å². The molecule has 0 heteroatoms. The molecule has 0 aromatic rings. The van der Waals surface area contributed by atoms with Crippen molar-refractivity contribution in [3.05, 3.63) is 12.7 Å². The van der Waals surface area contributed by atoms with Gasteiger partial charge >= 0.3 is 0 Å². The molecule has 0 aromatic heterocycles. The third-order valence-electron chi connectivity index (χ3n) is 2.01. The van der Waals surface area contributed by atoms with Crippen LogP contribution in [0, 0.1) is 0 Å². The molecule has 0 nitrogen and oxygen atoms in total. The average molecular weight is 154 g/mol. The molecule has 0 aromatic carbocycles. The first-order valence-electron chi connectivity index (χ1n) is 5.02. The highest BCUT2D eigenvalue weighted by molar-refractivity contribution is 4.64. The van der Waals surface area contributed by atoms with Gasteiger partial charge in [0.25, 0.3) is 0 Å². The van der Waals surface area contributed by atoms with Crippen molar-refractivity contribution in [3.63, 3.8) is 0 Å². The predicted octanol–water partition coefficient (Wildman–Crippen LogP) is 4.31. The highest BCUT2D eigenvalue weighted by atomic mass is 14.0. The Kier molecular flexibility index (Phi) is 9.51. The van der Waals surface area contributed by atoms with E-state index in [1.165, 1.54) is 51.4 Å². The summed E-state index contributed by atoms with van der Waals surface area (Å²) < 4.78 is 0. The summed E-state index contributed by atoms with van der Waals surface area (Å²) in [4.78, 5) is 0. The second kappa shape index (κ2) is 9.74. The van der Waals surface area contributed by atoms with Crippen molar-refractivity contribution >= 4 is 0 Å². The van der Waals surface area contributed by atoms with Gasteiger partial charge in [-0.2, -0.15) is 0 Å². The number of allylic oxidation sites excluding steroid dienone is 1. The van der Waals surface area contributed by atoms with Crippen molar-refractivity contribution < 1.29 is 0 Å². The quantitative estimate of drug-likeness (QED) is 0.419. The van der Waals surface area contributed by atoms with E-state index < -0.39 is 0 Å². The zero-order chi connectivity index (χ0) is 8.36. The smallest absolute Gasteiger partial charge is 0.0354 e. The Balaban J connectivity index is 0.000000183. The normalized spacial score (nSPS) is 15.4. The van der Waals surface area contributed by atoms with Crippen LogP contribution in [-0.2, 0) is 0 Å². The third kappa shape index (κ3) is 9.74. The molecule has 0 aliphatic heterocycles. The van der Waals surface area contributed by atoms with Crippen LogP contribution in [0.15, 0.2) is 12.7 Å². The van der Waals surface area contributed by atoms with E-state index in [0.717, 1.165) is 0 Å². The molecule has 0 unspecified atom stereocenters. The molecule has 1 aliphatic rings. The van der Waals surface area contributed by atoms with Gasteiger partial charge in [0.05, 0.1) is 0 Å². The number of hydrogen-bond donors (Lipinski definition) is 0. The second-order valence-corrected chi connectivity index (χ2v) is 3.20. The van der Waals surface area contributed by atoms with E-state index in [1.54, 1.807) is 0 Å². The first-order valence-corrected chi connectivity index (χ1v) is 5.02. The Morgan fingerprint density at radius 1 is 1.09 bits per heavy atom. The SMILES string of the molecule is C1CCCC1.C=CCCCC. The van der Waals surface area contributed by atoms with Gasteiger partial charge in [-0.1, -0.05) is 57.9 Å². The van der Waals surface area contributed by atoms with Gasteiger partial charge in [-0.25, -0.2) is 0 Å². The molecule has 0 amide bonds. The predicted molar refractivity (Wildman–Crippen MR) is 52.8 cm³/mol. The van der Waals surface area contributed by atoms with E-state index in [0.29, 0.717) is 0 Å². The Morgan fingerprint density at radius 3 is 1.73 bits per heavy atom. The second-order valence-electron chi connectivity index (χ2n) is 3.20. The maximum atomic E-state index is 3.60. The van der Waals surface area contributed by atoms with E-state index in [9.17, 15) is 0 Å². The topological polar surface area (TPSA) is 0 Å². The molecular weight excluding hydrogens is 132 g/mol. The van der Waals surface area contributed by atoms with Gasteiger partial charge in [0.15, 0.2) is 0 Å². The van der Waals surface area contributed by atoms with Gasteiger partial charge < -0.3 is 0 Å². The van der Waals surface area contributed by atoms with Crippen molar-refractivity contribution in [2.75, 3.05) is 0 Å². The summed E-state index contributed by atoms with van der Waals surface area (Å²) in [5, 5.41) is 0. The zero-order valence-electron chi connectivity index (χ0n) is 7.94. The lowest BCUT2D eigenvalue weighted by atomic mass is 10.3. The van der Waals surface area contributed by atoms with Crippen molar-refractivity contribution in [2.24, 2.45) is 0 Å². The number of rotatable bonds is 3. The maximum Gasteiger partial charge on any atom is -0.0354 e. The molecule has 1 fully saturated rings. The summed E-state index contributed by atoms with van der Waals surface area (Å²) in [6, 6.07) is 0. The van der Waals surface area contributed by atoms with Gasteiger partial charge in [0.1, 0.15) is 0 Å². The molecule has 0 heterocycles. The molecule has 11 heavy (non-hydrogen) atoms. The van der Waals surface area contributed by atoms with Gasteiger partial charge in [-0.3, -0.25) is 0 Å². The summed E-state index contributed by atoms with van der Waals surface area (Å²) in [7, 11) is 0. The van der Waals surface area contributed by atoms with Crippen molar-refractivity contribution in [3.8, 4) is 0 Å². The van der Waals surface area contributed by atoms with E-state index in [-0.39, 0.29) is 0 Å². The van der Waals surface area contributed by atoms with Crippen molar-refractivity contribution in [2.45, 2.75) is 58.3 Å². The Hall–Kier alpha value is -0.260. The van der Waals surface area contributed by atoms with Crippen LogP contribution in [0.4, 0.5) is 0 Å². The van der Waals surface area contributed by atoms with Gasteiger partial charge in [0.2, 0.25) is 0 Å². The largest absolute Gasteiger partial charge is 0.103 e. The average Bonchev–Trinajstić information content (AvgIpc) is 2.57. The zero-order valence-corrected chi connectivity index (χ0v) is 7.94. The minimum atomic E-state index is 1.18. The van der Waals surface area contributed by atoms with Crippen molar-refractivity contribution in [1.29, 1.82) is 0 Å². The lowest BCUT2D eigenvalue weighted by molar-refractivity contribution is 0.816. The van der Waals surface area contributed by atoms with Gasteiger partial charge in [-0.05, 0) is 6.42 Å². The molecule has 1 aliphatic carbocycles. The summed E-state index contributed by atoms with van der Waals surface area (Å²) >= 11 is 0. The fourth-order valence-electron chi connectivity index (χ4n) is 1.23. The first kappa shape index (κ1) is 10.7. The van der Waals surface area contributed by atoms with Crippen LogP contribution >= 0.6 is 0 Å². The van der Waals surface area contributed by atoms with Crippen LogP contribution in [0.1, 0.15) is 58.3 Å². The van der Waals surface area contributed by atoms with E-state index in [2.05, 4.69) is 13.5 Å². The standard InChI is InChI=1S/C6H12.C5H10/c1-3-5-6-4-2;1-2-4-5-3-1/h3H,1,4-6H2,2H3;1-5H2. The molecule has 0 spiro atoms. The monoisotopic (exact) mass is 154 g/mol. The lowest BCUT2D eigenvalue weighted by Gasteiger charge is -1.81. The molecule has 0 saturated heterocycles. The molecule has 1 rings (SSSR count). The van der Waals surface area contributed by atoms with Crippen LogP contribution in [0.2, 0.25) is 0 Å². The van der Waals surface area contributed by atoms with E-state index in [1.807, 2.05) is 6.08 Å². The van der Waals surface area contributed by atoms with Crippen LogP contribution in [0.3, 0.4) is 0 Å². The maximum absolute atomic E-state index is 3.60. The molecular formula is C11H22. The Bertz CT molecular complexity index is 62.5. The molecule has 66 valence electrons. The Labute approximate surface area is 71.7 Å². The van der Waals surface area contributed by atoms with Gasteiger partial charge in [-0.15, -0.1) is 6.58 Å². The van der Waals surface area contributed by atoms with Crippen LogP contribution < -0.4 is 0 Å². The van der Waals surface area contributed by atoms with E-state index in [4.69, 9.17) is 0 Å². The third-order valence-corrected chi connectivity index (χ3v) is 2.01. The molecule has 0 atom stereocenters. The molecule has 0 radical (unpaired) electrons. The molecule has 1 saturated carbocycles. The van der Waals surface area contributed by atoms with Gasteiger partial charge in [0, 0.05) is 0 Å². The highest BCUT2D eigenvalue weighted by Crippen LogP contribution is 2.15. The lowest BCUT2D eigenvalue weighted by Crippen LogP contribution is -1.61. The van der Waals surface area contributed by atoms with Crippen LogP contribution in [0.25, 0.3) is 0 Å². The highest BCUT2D eigenvalue weighted by Gasteiger charge is 1.95. The van der Waals surface area contributed by atoms with Crippen LogP contribution in [-0.4, -0.2) is 0 Å². The van der Waals surface area contributed by atoms with E-state index >= 15 is 0 Å². The number of hydrogen-bond acceptors (Lipinski definition) is 0. The Morgan fingerprint density at radius 2 is 1.55 bits per heavy atom. The minimum absolute atomic E-state index is 1.18. The molecule has 0 N–H and O–H groups in total. The molecule has 0 bridgehead atoms. The summed E-state index contributed by atoms with van der Waals surface area (Å²) in [5.74, 6) is 0. The fourth-order valence-corrected chi connectivity index (χ4v) is 1.23. The van der Waals surface area contributed by atoms with Crippen LogP contribution in [0.5, 0.6) is 0 Å². The first-order chi connectivity index (χ1) is 5.41. The minimum Gasteiger partial charge on any atom is -0.103 e. The summed E-state index contributed by atoms with van der Waals surface area (Å²) in [6.45, 7) is 5.78.